The van der Waals surface area contributed by atoms with E-state index in [-0.39, 0.29) is 0 Å². The van der Waals surface area contributed by atoms with Crippen LogP contribution in [0.4, 0.5) is 0 Å². The summed E-state index contributed by atoms with van der Waals surface area (Å²) in [4.78, 5) is 20.1. The van der Waals surface area contributed by atoms with Gasteiger partial charge < -0.3 is 0 Å². The third kappa shape index (κ3) is 4.31. The van der Waals surface area contributed by atoms with E-state index >= 15 is 0 Å². The normalized spacial score (nSPS) is 13.0. The standard InChI is InChI=1S/C38H29N5S/c1-5-9-16-24(7-3)35-40-36(25(8-4)17-10-6-2)42-38(41-35)43-33-31(29-21-15-23-39-37(29)43)26-18-11-12-19-27(26)32-28-20-13-14-22-30(28)44-34(32)33/h5-23H,1,4H2,2-3H3/b10-6-,16-9-,24-7+,25-17+. The van der Waals surface area contributed by atoms with Crippen molar-refractivity contribution in [2.24, 2.45) is 0 Å². The number of benzene rings is 3. The fraction of sp³-hybridized carbons (Fsp3) is 0.0526. The summed E-state index contributed by atoms with van der Waals surface area (Å²) in [6.45, 7) is 11.9. The molecule has 0 N–H and O–H groups in total. The first-order valence-electron chi connectivity index (χ1n) is 14.5. The van der Waals surface area contributed by atoms with Crippen molar-refractivity contribution in [1.29, 1.82) is 0 Å². The van der Waals surface area contributed by atoms with Gasteiger partial charge in [-0.15, -0.1) is 11.3 Å². The molecular formula is C38H29N5S. The Morgan fingerprint density at radius 3 is 2.20 bits per heavy atom. The molecule has 0 aliphatic carbocycles. The Morgan fingerprint density at radius 2 is 1.48 bits per heavy atom. The Balaban J connectivity index is 1.70. The van der Waals surface area contributed by atoms with Crippen molar-refractivity contribution < 1.29 is 0 Å². The van der Waals surface area contributed by atoms with Gasteiger partial charge >= 0.3 is 0 Å². The van der Waals surface area contributed by atoms with Gasteiger partial charge in [-0.2, -0.15) is 9.97 Å². The van der Waals surface area contributed by atoms with Crippen LogP contribution in [0.25, 0.3) is 70.0 Å². The Hall–Kier alpha value is -5.46. The maximum absolute atomic E-state index is 5.11. The summed E-state index contributed by atoms with van der Waals surface area (Å²) in [5.41, 5.74) is 3.48. The second-order valence-corrected chi connectivity index (χ2v) is 11.3. The Bertz CT molecular complexity index is 2400. The molecule has 0 saturated carbocycles. The van der Waals surface area contributed by atoms with Crippen LogP contribution in [0.3, 0.4) is 0 Å². The fourth-order valence-corrected chi connectivity index (χ4v) is 7.08. The molecule has 0 saturated heterocycles. The molecule has 0 atom stereocenters. The highest BCUT2D eigenvalue weighted by molar-refractivity contribution is 7.27. The minimum absolute atomic E-state index is 0.498. The lowest BCUT2D eigenvalue weighted by Gasteiger charge is -2.12. The summed E-state index contributed by atoms with van der Waals surface area (Å²) in [5.74, 6) is 1.58. The Labute approximate surface area is 259 Å². The van der Waals surface area contributed by atoms with Crippen molar-refractivity contribution >= 4 is 75.4 Å². The summed E-state index contributed by atoms with van der Waals surface area (Å²) in [7, 11) is 0. The molecule has 3 aromatic carbocycles. The van der Waals surface area contributed by atoms with E-state index in [1.807, 2.05) is 62.6 Å². The molecule has 0 amide bonds. The Kier molecular flexibility index (Phi) is 7.04. The number of allylic oxidation sites excluding steroid dienone is 10. The van der Waals surface area contributed by atoms with Crippen molar-refractivity contribution in [3.8, 4) is 5.95 Å². The van der Waals surface area contributed by atoms with Crippen LogP contribution >= 0.6 is 11.3 Å². The monoisotopic (exact) mass is 587 g/mol. The first kappa shape index (κ1) is 27.4. The molecule has 7 rings (SSSR count). The second-order valence-electron chi connectivity index (χ2n) is 10.3. The smallest absolute Gasteiger partial charge is 0.240 e. The molecule has 4 aromatic heterocycles. The third-order valence-electron chi connectivity index (χ3n) is 7.76. The third-order valence-corrected chi connectivity index (χ3v) is 8.93. The molecule has 5 nitrogen and oxygen atoms in total. The van der Waals surface area contributed by atoms with Gasteiger partial charge in [-0.25, -0.2) is 9.97 Å². The van der Waals surface area contributed by atoms with E-state index < -0.39 is 0 Å². The first-order valence-corrected chi connectivity index (χ1v) is 15.3. The highest BCUT2D eigenvalue weighted by atomic mass is 32.1. The summed E-state index contributed by atoms with van der Waals surface area (Å²) in [6.07, 6.45) is 17.1. The van der Waals surface area contributed by atoms with E-state index in [1.165, 1.54) is 30.9 Å². The summed E-state index contributed by atoms with van der Waals surface area (Å²) < 4.78 is 4.52. The van der Waals surface area contributed by atoms with Gasteiger partial charge in [-0.1, -0.05) is 104 Å². The number of rotatable bonds is 7. The quantitative estimate of drug-likeness (QED) is 0.174. The van der Waals surface area contributed by atoms with Gasteiger partial charge in [0.2, 0.25) is 5.95 Å². The van der Waals surface area contributed by atoms with Crippen LogP contribution in [-0.4, -0.2) is 24.5 Å². The first-order chi connectivity index (χ1) is 21.7. The number of fused-ring (bicyclic) bond motifs is 10. The molecular weight excluding hydrogens is 559 g/mol. The van der Waals surface area contributed by atoms with E-state index in [2.05, 4.69) is 72.3 Å². The molecule has 4 heterocycles. The maximum atomic E-state index is 5.11. The lowest BCUT2D eigenvalue weighted by atomic mass is 9.99. The minimum atomic E-state index is 0.498. The van der Waals surface area contributed by atoms with Gasteiger partial charge in [0, 0.05) is 43.6 Å². The second kappa shape index (κ2) is 11.3. The molecule has 6 heteroatoms. The molecule has 0 unspecified atom stereocenters. The number of pyridine rings is 1. The zero-order chi connectivity index (χ0) is 30.2. The van der Waals surface area contributed by atoms with Gasteiger partial charge in [0.15, 0.2) is 11.6 Å². The molecule has 44 heavy (non-hydrogen) atoms. The van der Waals surface area contributed by atoms with E-state index in [4.69, 9.17) is 19.9 Å². The van der Waals surface area contributed by atoms with Crippen molar-refractivity contribution in [2.75, 3.05) is 0 Å². The van der Waals surface area contributed by atoms with E-state index in [9.17, 15) is 0 Å². The van der Waals surface area contributed by atoms with Crippen LogP contribution in [0, 0.1) is 0 Å². The largest absolute Gasteiger partial charge is 0.260 e. The van der Waals surface area contributed by atoms with Gasteiger partial charge in [-0.3, -0.25) is 4.57 Å². The lowest BCUT2D eigenvalue weighted by molar-refractivity contribution is 0.906. The van der Waals surface area contributed by atoms with Crippen molar-refractivity contribution in [3.63, 3.8) is 0 Å². The van der Waals surface area contributed by atoms with Gasteiger partial charge in [-0.05, 0) is 42.8 Å². The molecule has 7 aromatic rings. The number of thiophene rings is 1. The predicted octanol–water partition coefficient (Wildman–Crippen LogP) is 10.2. The minimum Gasteiger partial charge on any atom is -0.260 e. The zero-order valence-corrected chi connectivity index (χ0v) is 25.3. The van der Waals surface area contributed by atoms with Gasteiger partial charge in [0.1, 0.15) is 5.65 Å². The van der Waals surface area contributed by atoms with Gasteiger partial charge in [0.25, 0.3) is 0 Å². The average molecular weight is 588 g/mol. The van der Waals surface area contributed by atoms with Crippen LogP contribution < -0.4 is 0 Å². The summed E-state index contributed by atoms with van der Waals surface area (Å²) in [6, 6.07) is 21.4. The van der Waals surface area contributed by atoms with E-state index in [0.717, 1.165) is 33.1 Å². The lowest BCUT2D eigenvalue weighted by Crippen LogP contribution is -2.09. The molecule has 0 bridgehead atoms. The molecule has 0 fully saturated rings. The topological polar surface area (TPSA) is 56.5 Å². The average Bonchev–Trinajstić information content (AvgIpc) is 3.62. The van der Waals surface area contributed by atoms with Crippen LogP contribution in [-0.2, 0) is 0 Å². The summed E-state index contributed by atoms with van der Waals surface area (Å²) in [5, 5.41) is 7.05. The van der Waals surface area contributed by atoms with Crippen molar-refractivity contribution in [1.82, 2.24) is 24.5 Å². The molecule has 0 spiro atoms. The Morgan fingerprint density at radius 1 is 0.773 bits per heavy atom. The van der Waals surface area contributed by atoms with Crippen LogP contribution in [0.15, 0.2) is 129 Å². The highest BCUT2D eigenvalue weighted by Gasteiger charge is 2.24. The van der Waals surface area contributed by atoms with Crippen LogP contribution in [0.1, 0.15) is 25.5 Å². The van der Waals surface area contributed by atoms with Crippen molar-refractivity contribution in [2.45, 2.75) is 13.8 Å². The molecule has 212 valence electrons. The van der Waals surface area contributed by atoms with Crippen LogP contribution in [0.2, 0.25) is 0 Å². The number of aromatic nitrogens is 5. The number of hydrogen-bond donors (Lipinski definition) is 0. The SMILES string of the molecule is C=C/C=C\C(=C/C)c1nc(/C(C=C)=C/C=C\C)nc(-n2c3ncccc3c3c4ccccc4c4c5ccccc5sc4c32)n1. The van der Waals surface area contributed by atoms with Crippen LogP contribution in [0.5, 0.6) is 0 Å². The number of hydrogen-bond acceptors (Lipinski definition) is 5. The van der Waals surface area contributed by atoms with Crippen molar-refractivity contribution in [3.05, 3.63) is 140 Å². The summed E-state index contributed by atoms with van der Waals surface area (Å²) >= 11 is 1.79. The van der Waals surface area contributed by atoms with E-state index in [1.54, 1.807) is 23.5 Å². The fourth-order valence-electron chi connectivity index (χ4n) is 5.83. The zero-order valence-electron chi connectivity index (χ0n) is 24.5. The van der Waals surface area contributed by atoms with E-state index in [0.29, 0.717) is 17.6 Å². The predicted molar refractivity (Wildman–Crippen MR) is 188 cm³/mol. The number of nitrogens with zero attached hydrogens (tertiary/aromatic N) is 5. The molecule has 0 radical (unpaired) electrons. The molecule has 0 aliphatic heterocycles. The molecule has 0 aliphatic rings. The maximum Gasteiger partial charge on any atom is 0.240 e. The highest BCUT2D eigenvalue weighted by Crippen LogP contribution is 2.47. The van der Waals surface area contributed by atoms with Gasteiger partial charge in [0.05, 0.1) is 10.2 Å².